The maximum absolute atomic E-state index is 12.2. The highest BCUT2D eigenvalue weighted by atomic mass is 32.1. The number of carboxylic acid groups (broad SMARTS) is 1. The Hall–Kier alpha value is -1.95. The number of fused-ring (bicyclic) bond motifs is 1. The van der Waals surface area contributed by atoms with Crippen molar-refractivity contribution in [3.63, 3.8) is 0 Å². The summed E-state index contributed by atoms with van der Waals surface area (Å²) in [7, 11) is 0. The summed E-state index contributed by atoms with van der Waals surface area (Å²) in [5.74, 6) is -1.70. The smallest absolute Gasteiger partial charge is 0.347 e. The number of ether oxygens (including phenoxy) is 1. The van der Waals surface area contributed by atoms with Gasteiger partial charge >= 0.3 is 5.97 Å². The minimum atomic E-state index is -1.02. The first-order chi connectivity index (χ1) is 8.66. The number of carboxylic acids is 1. The molecule has 1 aromatic rings. The summed E-state index contributed by atoms with van der Waals surface area (Å²) >= 11 is 0.897. The van der Waals surface area contributed by atoms with Gasteiger partial charge in [0.2, 0.25) is 0 Å². The van der Waals surface area contributed by atoms with Gasteiger partial charge in [0, 0.05) is 5.57 Å². The van der Waals surface area contributed by atoms with E-state index in [1.807, 2.05) is 6.08 Å². The van der Waals surface area contributed by atoms with Crippen LogP contribution in [0.25, 0.3) is 0 Å². The van der Waals surface area contributed by atoms with Crippen LogP contribution in [0.15, 0.2) is 30.1 Å². The van der Waals surface area contributed by atoms with Gasteiger partial charge in [0.05, 0.1) is 23.8 Å². The molecule has 0 saturated carbocycles. The Labute approximate surface area is 107 Å². The summed E-state index contributed by atoms with van der Waals surface area (Å²) in [4.78, 5) is 23.2. The Morgan fingerprint density at radius 2 is 2.39 bits per heavy atom. The second kappa shape index (κ2) is 4.06. The molecule has 0 aromatic carbocycles. The lowest BCUT2D eigenvalue weighted by molar-refractivity contribution is -0.122. The minimum absolute atomic E-state index is 0.0171. The number of hydrogen-bond donors (Lipinski definition) is 1. The van der Waals surface area contributed by atoms with Crippen molar-refractivity contribution in [2.45, 2.75) is 5.92 Å². The average Bonchev–Trinajstić information content (AvgIpc) is 2.97. The van der Waals surface area contributed by atoms with Gasteiger partial charge in [-0.3, -0.25) is 4.79 Å². The van der Waals surface area contributed by atoms with Gasteiger partial charge in [-0.15, -0.1) is 0 Å². The zero-order chi connectivity index (χ0) is 12.7. The highest BCUT2D eigenvalue weighted by Gasteiger charge is 2.36. The van der Waals surface area contributed by atoms with Crippen LogP contribution in [0.1, 0.15) is 21.3 Å². The highest BCUT2D eigenvalue weighted by molar-refractivity contribution is 7.08. The number of aromatic carboxylic acids is 1. The molecule has 2 atom stereocenters. The molecule has 0 fully saturated rings. The molecular formula is C12H9NO4S. The number of allylic oxidation sites excluding steroid dienone is 2. The van der Waals surface area contributed by atoms with Crippen LogP contribution >= 0.6 is 11.5 Å². The quantitative estimate of drug-likeness (QED) is 0.876. The molecule has 3 rings (SSSR count). The predicted molar refractivity (Wildman–Crippen MR) is 63.5 cm³/mol. The van der Waals surface area contributed by atoms with Gasteiger partial charge in [-0.1, -0.05) is 12.2 Å². The molecule has 5 nitrogen and oxygen atoms in total. The molecular weight excluding hydrogens is 254 g/mol. The van der Waals surface area contributed by atoms with Gasteiger partial charge in [-0.25, -0.2) is 4.79 Å². The number of hydrogen-bond acceptors (Lipinski definition) is 5. The first kappa shape index (κ1) is 11.2. The summed E-state index contributed by atoms with van der Waals surface area (Å²) in [6, 6.07) is 1.46. The molecule has 92 valence electrons. The molecule has 6 heteroatoms. The van der Waals surface area contributed by atoms with Crippen molar-refractivity contribution in [3.05, 3.63) is 40.6 Å². The van der Waals surface area contributed by atoms with Gasteiger partial charge in [0.15, 0.2) is 5.78 Å². The fourth-order valence-corrected chi connectivity index (χ4v) is 2.74. The van der Waals surface area contributed by atoms with Crippen LogP contribution in [0.4, 0.5) is 0 Å². The van der Waals surface area contributed by atoms with Gasteiger partial charge in [-0.2, -0.15) is 4.37 Å². The van der Waals surface area contributed by atoms with Gasteiger partial charge < -0.3 is 9.84 Å². The highest BCUT2D eigenvalue weighted by Crippen LogP contribution is 2.34. The maximum Gasteiger partial charge on any atom is 0.347 e. The summed E-state index contributed by atoms with van der Waals surface area (Å²) < 4.78 is 9.20. The standard InChI is InChI=1S/C12H9NO4S/c14-11-7(2-1-6-4-17-5-8(6)11)9-3-10(12(15)16)18-13-9/h1-4,7-8H,5H2,(H,15,16). The SMILES string of the molecule is O=C(O)c1cc(C2C=CC3=COCC3C2=O)ns1. The van der Waals surface area contributed by atoms with Crippen LogP contribution in [-0.4, -0.2) is 27.8 Å². The van der Waals surface area contributed by atoms with E-state index in [-0.39, 0.29) is 16.6 Å². The normalized spacial score (nSPS) is 25.6. The molecule has 2 aliphatic rings. The van der Waals surface area contributed by atoms with E-state index in [2.05, 4.69) is 4.37 Å². The second-order valence-electron chi connectivity index (χ2n) is 4.16. The lowest BCUT2D eigenvalue weighted by Crippen LogP contribution is -2.26. The zero-order valence-electron chi connectivity index (χ0n) is 9.20. The summed E-state index contributed by atoms with van der Waals surface area (Å²) in [6.07, 6.45) is 5.20. The van der Waals surface area contributed by atoms with Crippen LogP contribution in [0.2, 0.25) is 0 Å². The third-order valence-corrected chi connectivity index (χ3v) is 3.86. The van der Waals surface area contributed by atoms with E-state index in [0.717, 1.165) is 17.1 Å². The number of ketones is 1. The van der Waals surface area contributed by atoms with Crippen LogP contribution in [-0.2, 0) is 9.53 Å². The Kier molecular flexibility index (Phi) is 2.52. The van der Waals surface area contributed by atoms with E-state index in [1.54, 1.807) is 12.3 Å². The molecule has 18 heavy (non-hydrogen) atoms. The third kappa shape index (κ3) is 1.65. The van der Waals surface area contributed by atoms with Gasteiger partial charge in [-0.05, 0) is 17.6 Å². The fraction of sp³-hybridized carbons (Fsp3) is 0.250. The Balaban J connectivity index is 1.93. The molecule has 1 N–H and O–H groups in total. The molecule has 1 aliphatic heterocycles. The number of carbonyl (C=O) groups excluding carboxylic acids is 1. The predicted octanol–water partition coefficient (Wildman–Crippen LogP) is 1.59. The van der Waals surface area contributed by atoms with Crippen molar-refractivity contribution < 1.29 is 19.4 Å². The number of Topliss-reactive ketones (excluding diaryl/α,β-unsaturated/α-hetero) is 1. The van der Waals surface area contributed by atoms with Crippen LogP contribution in [0.5, 0.6) is 0 Å². The number of aromatic nitrogens is 1. The van der Waals surface area contributed by atoms with Gasteiger partial charge in [0.25, 0.3) is 0 Å². The van der Waals surface area contributed by atoms with E-state index >= 15 is 0 Å². The van der Waals surface area contributed by atoms with Crippen molar-refractivity contribution in [1.82, 2.24) is 4.37 Å². The average molecular weight is 263 g/mol. The molecule has 0 amide bonds. The summed E-state index contributed by atoms with van der Waals surface area (Å²) in [6.45, 7) is 0.366. The Morgan fingerprint density at radius 3 is 3.11 bits per heavy atom. The molecule has 0 radical (unpaired) electrons. The molecule has 2 unspecified atom stereocenters. The monoisotopic (exact) mass is 263 g/mol. The van der Waals surface area contributed by atoms with E-state index in [9.17, 15) is 9.59 Å². The van der Waals surface area contributed by atoms with Crippen molar-refractivity contribution in [1.29, 1.82) is 0 Å². The van der Waals surface area contributed by atoms with Crippen LogP contribution in [0, 0.1) is 5.92 Å². The second-order valence-corrected chi connectivity index (χ2v) is 4.97. The Morgan fingerprint density at radius 1 is 1.56 bits per heavy atom. The summed E-state index contributed by atoms with van der Waals surface area (Å²) in [5.41, 5.74) is 1.38. The topological polar surface area (TPSA) is 76.5 Å². The van der Waals surface area contributed by atoms with E-state index in [4.69, 9.17) is 9.84 Å². The maximum atomic E-state index is 12.2. The molecule has 2 heterocycles. The first-order valence-electron chi connectivity index (χ1n) is 5.40. The Bertz CT molecular complexity index is 587. The molecule has 1 aliphatic carbocycles. The number of carbonyl (C=O) groups is 2. The number of nitrogens with zero attached hydrogens (tertiary/aromatic N) is 1. The largest absolute Gasteiger partial charge is 0.500 e. The van der Waals surface area contributed by atoms with Gasteiger partial charge in [0.1, 0.15) is 11.5 Å². The fourth-order valence-electron chi connectivity index (χ4n) is 2.12. The lowest BCUT2D eigenvalue weighted by atomic mass is 9.82. The van der Waals surface area contributed by atoms with Crippen molar-refractivity contribution in [2.24, 2.45) is 5.92 Å². The van der Waals surface area contributed by atoms with Crippen LogP contribution < -0.4 is 0 Å². The zero-order valence-corrected chi connectivity index (χ0v) is 10.0. The van der Waals surface area contributed by atoms with E-state index < -0.39 is 11.9 Å². The first-order valence-corrected chi connectivity index (χ1v) is 6.17. The number of rotatable bonds is 2. The molecule has 0 spiro atoms. The molecule has 0 saturated heterocycles. The summed E-state index contributed by atoms with van der Waals surface area (Å²) in [5, 5.41) is 8.85. The molecule has 1 aromatic heterocycles. The van der Waals surface area contributed by atoms with Crippen molar-refractivity contribution in [3.8, 4) is 0 Å². The van der Waals surface area contributed by atoms with Crippen molar-refractivity contribution in [2.75, 3.05) is 6.61 Å². The third-order valence-electron chi connectivity index (χ3n) is 3.07. The lowest BCUT2D eigenvalue weighted by Gasteiger charge is -2.19. The van der Waals surface area contributed by atoms with E-state index in [1.165, 1.54) is 6.07 Å². The van der Waals surface area contributed by atoms with Crippen molar-refractivity contribution >= 4 is 23.3 Å². The minimum Gasteiger partial charge on any atom is -0.500 e. The van der Waals surface area contributed by atoms with E-state index in [0.29, 0.717) is 12.3 Å². The molecule has 0 bridgehead atoms. The van der Waals surface area contributed by atoms with Crippen LogP contribution in [0.3, 0.4) is 0 Å².